The third kappa shape index (κ3) is 4.32. The number of para-hydroxylation sites is 1. The van der Waals surface area contributed by atoms with Gasteiger partial charge in [0.2, 0.25) is 5.95 Å². The zero-order valence-corrected chi connectivity index (χ0v) is 11.8. The van der Waals surface area contributed by atoms with Gasteiger partial charge < -0.3 is 15.5 Å². The van der Waals surface area contributed by atoms with Crippen LogP contribution in [0.1, 0.15) is 0 Å². The summed E-state index contributed by atoms with van der Waals surface area (Å²) in [5.74, 6) is -0.897. The zero-order chi connectivity index (χ0) is 15.2. The summed E-state index contributed by atoms with van der Waals surface area (Å²) in [6, 6.07) is 3.62. The van der Waals surface area contributed by atoms with Gasteiger partial charge >= 0.3 is 0 Å². The third-order valence-electron chi connectivity index (χ3n) is 2.62. The molecule has 0 radical (unpaired) electrons. The summed E-state index contributed by atoms with van der Waals surface area (Å²) in [4.78, 5) is 6.10. The van der Waals surface area contributed by atoms with Crippen LogP contribution < -0.4 is 10.6 Å². The van der Waals surface area contributed by atoms with E-state index >= 15 is 0 Å². The predicted molar refractivity (Wildman–Crippen MR) is 76.5 cm³/mol. The minimum atomic E-state index is -0.698. The molecule has 8 heteroatoms. The van der Waals surface area contributed by atoms with Crippen molar-refractivity contribution >= 4 is 17.5 Å². The molecule has 2 aromatic rings. The number of nitrogens with zero attached hydrogens (tertiary/aromatic N) is 4. The Labute approximate surface area is 121 Å². The maximum Gasteiger partial charge on any atom is 0.244 e. The van der Waals surface area contributed by atoms with Crippen LogP contribution in [0.3, 0.4) is 0 Å². The van der Waals surface area contributed by atoms with Crippen molar-refractivity contribution in [2.45, 2.75) is 0 Å². The molecule has 0 unspecified atom stereocenters. The SMILES string of the molecule is CN(C)CCNc1nncc(Nc2c(F)cccc2F)n1. The lowest BCUT2D eigenvalue weighted by Crippen LogP contribution is -2.21. The smallest absolute Gasteiger partial charge is 0.244 e. The van der Waals surface area contributed by atoms with Crippen LogP contribution in [0.15, 0.2) is 24.4 Å². The fourth-order valence-corrected chi connectivity index (χ4v) is 1.58. The summed E-state index contributed by atoms with van der Waals surface area (Å²) >= 11 is 0. The molecule has 2 rings (SSSR count). The molecule has 0 saturated heterocycles. The lowest BCUT2D eigenvalue weighted by Gasteiger charge is -2.11. The van der Waals surface area contributed by atoms with E-state index in [9.17, 15) is 8.78 Å². The maximum absolute atomic E-state index is 13.5. The predicted octanol–water partition coefficient (Wildman–Crippen LogP) is 1.87. The Bertz CT molecular complexity index is 585. The number of rotatable bonds is 6. The van der Waals surface area contributed by atoms with Crippen molar-refractivity contribution in [3.63, 3.8) is 0 Å². The van der Waals surface area contributed by atoms with Gasteiger partial charge in [-0.15, -0.1) is 5.10 Å². The van der Waals surface area contributed by atoms with Crippen molar-refractivity contribution in [1.29, 1.82) is 0 Å². The number of nitrogens with one attached hydrogen (secondary N) is 2. The molecule has 6 nitrogen and oxygen atoms in total. The molecule has 0 aliphatic carbocycles. The zero-order valence-electron chi connectivity index (χ0n) is 11.8. The van der Waals surface area contributed by atoms with E-state index in [0.29, 0.717) is 12.5 Å². The summed E-state index contributed by atoms with van der Waals surface area (Å²) in [6.07, 6.45) is 1.29. The molecule has 0 saturated carbocycles. The Morgan fingerprint density at radius 2 is 1.90 bits per heavy atom. The first-order chi connectivity index (χ1) is 10.1. The van der Waals surface area contributed by atoms with E-state index in [1.54, 1.807) is 0 Å². The molecule has 112 valence electrons. The second-order valence-corrected chi connectivity index (χ2v) is 4.62. The monoisotopic (exact) mass is 294 g/mol. The van der Waals surface area contributed by atoms with Gasteiger partial charge in [0.05, 0.1) is 6.20 Å². The van der Waals surface area contributed by atoms with Crippen LogP contribution in [0.25, 0.3) is 0 Å². The van der Waals surface area contributed by atoms with E-state index in [-0.39, 0.29) is 11.5 Å². The molecule has 0 bridgehead atoms. The molecule has 1 aromatic heterocycles. The first-order valence-electron chi connectivity index (χ1n) is 6.35. The highest BCUT2D eigenvalue weighted by atomic mass is 19.1. The molecular weight excluding hydrogens is 278 g/mol. The highest BCUT2D eigenvalue weighted by Crippen LogP contribution is 2.21. The van der Waals surface area contributed by atoms with Gasteiger partial charge in [-0.3, -0.25) is 0 Å². The topological polar surface area (TPSA) is 66.0 Å². The molecule has 1 heterocycles. The fraction of sp³-hybridized carbons (Fsp3) is 0.308. The maximum atomic E-state index is 13.5. The third-order valence-corrected chi connectivity index (χ3v) is 2.62. The second kappa shape index (κ2) is 6.89. The quantitative estimate of drug-likeness (QED) is 0.848. The summed E-state index contributed by atoms with van der Waals surface area (Å²) < 4.78 is 27.1. The van der Waals surface area contributed by atoms with Gasteiger partial charge in [0.1, 0.15) is 17.3 Å². The lowest BCUT2D eigenvalue weighted by atomic mass is 10.3. The number of halogens is 2. The van der Waals surface area contributed by atoms with E-state index in [2.05, 4.69) is 25.8 Å². The van der Waals surface area contributed by atoms with Crippen LogP contribution in [0.2, 0.25) is 0 Å². The van der Waals surface area contributed by atoms with E-state index in [1.807, 2.05) is 19.0 Å². The molecule has 0 amide bonds. The Morgan fingerprint density at radius 1 is 1.19 bits per heavy atom. The largest absolute Gasteiger partial charge is 0.352 e. The molecule has 2 N–H and O–H groups in total. The van der Waals surface area contributed by atoms with Crippen LogP contribution in [0.4, 0.5) is 26.2 Å². The van der Waals surface area contributed by atoms with Crippen molar-refractivity contribution in [2.24, 2.45) is 0 Å². The average Bonchev–Trinajstić information content (AvgIpc) is 2.43. The standard InChI is InChI=1S/C13H16F2N6/c1-21(2)7-6-16-13-19-11(8-17-20-13)18-12-9(14)4-3-5-10(12)15/h3-5,8H,6-7H2,1-2H3,(H2,16,18,19,20). The molecule has 0 atom stereocenters. The van der Waals surface area contributed by atoms with Crippen molar-refractivity contribution in [2.75, 3.05) is 37.8 Å². The Kier molecular flexibility index (Phi) is 4.94. The van der Waals surface area contributed by atoms with Crippen molar-refractivity contribution < 1.29 is 8.78 Å². The second-order valence-electron chi connectivity index (χ2n) is 4.62. The molecule has 0 fully saturated rings. The minimum Gasteiger partial charge on any atom is -0.352 e. The first kappa shape index (κ1) is 15.0. The van der Waals surface area contributed by atoms with Crippen LogP contribution >= 0.6 is 0 Å². The van der Waals surface area contributed by atoms with Crippen LogP contribution in [0.5, 0.6) is 0 Å². The van der Waals surface area contributed by atoms with Gasteiger partial charge in [0, 0.05) is 13.1 Å². The van der Waals surface area contributed by atoms with Gasteiger partial charge in [-0.2, -0.15) is 10.1 Å². The van der Waals surface area contributed by atoms with Gasteiger partial charge in [0.25, 0.3) is 0 Å². The van der Waals surface area contributed by atoms with E-state index in [4.69, 9.17) is 0 Å². The van der Waals surface area contributed by atoms with Crippen LogP contribution in [-0.2, 0) is 0 Å². The van der Waals surface area contributed by atoms with E-state index in [1.165, 1.54) is 12.3 Å². The summed E-state index contributed by atoms with van der Waals surface area (Å²) in [5.41, 5.74) is -0.266. The fourth-order valence-electron chi connectivity index (χ4n) is 1.58. The van der Waals surface area contributed by atoms with Gasteiger partial charge in [-0.05, 0) is 26.2 Å². The average molecular weight is 294 g/mol. The Morgan fingerprint density at radius 3 is 2.57 bits per heavy atom. The Balaban J connectivity index is 2.07. The van der Waals surface area contributed by atoms with Crippen LogP contribution in [0, 0.1) is 11.6 Å². The lowest BCUT2D eigenvalue weighted by molar-refractivity contribution is 0.425. The van der Waals surface area contributed by atoms with Crippen molar-refractivity contribution in [3.8, 4) is 0 Å². The molecule has 0 aliphatic heterocycles. The van der Waals surface area contributed by atoms with E-state index < -0.39 is 11.6 Å². The van der Waals surface area contributed by atoms with Gasteiger partial charge in [-0.1, -0.05) is 6.07 Å². The summed E-state index contributed by atoms with van der Waals surface area (Å²) in [6.45, 7) is 1.43. The number of anilines is 3. The molecule has 21 heavy (non-hydrogen) atoms. The van der Waals surface area contributed by atoms with Crippen molar-refractivity contribution in [1.82, 2.24) is 20.1 Å². The number of benzene rings is 1. The van der Waals surface area contributed by atoms with Crippen LogP contribution in [-0.4, -0.2) is 47.3 Å². The highest BCUT2D eigenvalue weighted by molar-refractivity contribution is 5.57. The molecule has 0 spiro atoms. The highest BCUT2D eigenvalue weighted by Gasteiger charge is 2.09. The molecule has 0 aliphatic rings. The minimum absolute atomic E-state index is 0.210. The molecular formula is C13H16F2N6. The Hall–Kier alpha value is -2.35. The number of hydrogen-bond donors (Lipinski definition) is 2. The van der Waals surface area contributed by atoms with E-state index in [0.717, 1.165) is 18.7 Å². The summed E-state index contributed by atoms with van der Waals surface area (Å²) in [5, 5.41) is 13.1. The van der Waals surface area contributed by atoms with Gasteiger partial charge in [-0.25, -0.2) is 8.78 Å². The number of hydrogen-bond acceptors (Lipinski definition) is 6. The van der Waals surface area contributed by atoms with Crippen molar-refractivity contribution in [3.05, 3.63) is 36.0 Å². The molecule has 1 aromatic carbocycles. The normalized spacial score (nSPS) is 10.7. The summed E-state index contributed by atoms with van der Waals surface area (Å²) in [7, 11) is 3.89. The van der Waals surface area contributed by atoms with Gasteiger partial charge in [0.15, 0.2) is 5.82 Å². The number of likely N-dealkylation sites (N-methyl/N-ethyl adjacent to an activating group) is 1. The number of aromatic nitrogens is 3. The first-order valence-corrected chi connectivity index (χ1v) is 6.35.